The maximum absolute atomic E-state index is 10.7. The zero-order chi connectivity index (χ0) is 21.5. The van der Waals surface area contributed by atoms with Crippen molar-refractivity contribution in [3.63, 3.8) is 0 Å². The molecule has 1 fully saturated rings. The average molecular weight is 412 g/mol. The summed E-state index contributed by atoms with van der Waals surface area (Å²) in [6.07, 6.45) is 7.52. The molecule has 2 aliphatic rings. The Morgan fingerprint density at radius 2 is 2.17 bits per heavy atom. The van der Waals surface area contributed by atoms with Gasteiger partial charge in [-0.3, -0.25) is 0 Å². The van der Waals surface area contributed by atoms with Gasteiger partial charge in [-0.2, -0.15) is 0 Å². The molecule has 1 heterocycles. The topological polar surface area (TPSA) is 61.7 Å². The molecule has 0 amide bonds. The van der Waals surface area contributed by atoms with E-state index in [4.69, 9.17) is 4.74 Å². The summed E-state index contributed by atoms with van der Waals surface area (Å²) in [6, 6.07) is 6.45. The normalized spacial score (nSPS) is 26.6. The largest absolute Gasteiger partial charge is 0.489 e. The molecule has 3 rings (SSSR count). The van der Waals surface area contributed by atoms with Crippen LogP contribution in [0.15, 0.2) is 30.4 Å². The predicted octanol–water partition coefficient (Wildman–Crippen LogP) is 3.81. The Bertz CT molecular complexity index is 778. The van der Waals surface area contributed by atoms with E-state index in [-0.39, 0.29) is 23.9 Å². The van der Waals surface area contributed by atoms with Gasteiger partial charge in [0.25, 0.3) is 0 Å². The average Bonchev–Trinajstić information content (AvgIpc) is 3.25. The van der Waals surface area contributed by atoms with Gasteiger partial charge in [-0.25, -0.2) is 0 Å². The van der Waals surface area contributed by atoms with Gasteiger partial charge in [0.05, 0.1) is 12.2 Å². The highest BCUT2D eigenvalue weighted by Gasteiger charge is 2.48. The van der Waals surface area contributed by atoms with Crippen LogP contribution in [-0.4, -0.2) is 41.6 Å². The fraction of sp³-hybridized carbons (Fsp3) is 0.615. The summed E-state index contributed by atoms with van der Waals surface area (Å²) in [5.41, 5.74) is 2.50. The number of unbranched alkanes of at least 4 members (excludes halogenated alkanes) is 1. The first kappa shape index (κ1) is 22.9. The van der Waals surface area contributed by atoms with Crippen LogP contribution in [0, 0.1) is 23.7 Å². The maximum Gasteiger partial charge on any atom is 0.126 e. The van der Waals surface area contributed by atoms with Gasteiger partial charge in [0, 0.05) is 30.2 Å². The van der Waals surface area contributed by atoms with E-state index in [1.165, 1.54) is 11.1 Å². The van der Waals surface area contributed by atoms with E-state index in [9.17, 15) is 10.2 Å². The van der Waals surface area contributed by atoms with E-state index in [1.54, 1.807) is 0 Å². The molecule has 1 saturated carbocycles. The molecule has 4 nitrogen and oxygen atoms in total. The lowest BCUT2D eigenvalue weighted by Gasteiger charge is -2.19. The van der Waals surface area contributed by atoms with Crippen LogP contribution in [0.3, 0.4) is 0 Å². The molecule has 30 heavy (non-hydrogen) atoms. The number of fused-ring (bicyclic) bond motifs is 3. The summed E-state index contributed by atoms with van der Waals surface area (Å²) in [5, 5.41) is 24.5. The smallest absolute Gasteiger partial charge is 0.126 e. The SMILES string of the molecule is CC#CC[C@H](C)[C@H](O)C=C[C@@H]1[C@H]2c3cccc(CCCCNCC)c3O[C@H]2C[C@H]1O. The molecule has 1 aromatic carbocycles. The van der Waals surface area contributed by atoms with Gasteiger partial charge in [0.1, 0.15) is 11.9 Å². The molecular formula is C26H37NO3. The lowest BCUT2D eigenvalue weighted by atomic mass is 9.86. The van der Waals surface area contributed by atoms with Crippen LogP contribution in [0.5, 0.6) is 5.75 Å². The van der Waals surface area contributed by atoms with Gasteiger partial charge in [-0.05, 0) is 50.8 Å². The Kier molecular flexibility index (Phi) is 8.39. The first-order valence-electron chi connectivity index (χ1n) is 11.5. The van der Waals surface area contributed by atoms with Gasteiger partial charge in [-0.1, -0.05) is 44.2 Å². The van der Waals surface area contributed by atoms with E-state index in [1.807, 2.05) is 26.0 Å². The molecule has 1 aliphatic carbocycles. The van der Waals surface area contributed by atoms with Crippen molar-refractivity contribution in [2.45, 2.75) is 77.1 Å². The number of hydrogen-bond acceptors (Lipinski definition) is 4. The third kappa shape index (κ3) is 5.27. The lowest BCUT2D eigenvalue weighted by Crippen LogP contribution is -2.19. The number of aryl methyl sites for hydroxylation is 1. The van der Waals surface area contributed by atoms with Crippen LogP contribution in [-0.2, 0) is 6.42 Å². The van der Waals surface area contributed by atoms with Gasteiger partial charge < -0.3 is 20.3 Å². The monoisotopic (exact) mass is 411 g/mol. The molecule has 0 radical (unpaired) electrons. The maximum atomic E-state index is 10.7. The van der Waals surface area contributed by atoms with E-state index in [0.29, 0.717) is 12.8 Å². The molecule has 4 heteroatoms. The second-order valence-corrected chi connectivity index (χ2v) is 8.69. The number of hydrogen-bond donors (Lipinski definition) is 3. The second-order valence-electron chi connectivity index (χ2n) is 8.69. The zero-order valence-electron chi connectivity index (χ0n) is 18.6. The highest BCUT2D eigenvalue weighted by Crippen LogP contribution is 2.52. The minimum atomic E-state index is -0.554. The standard InChI is InChI=1S/C26H37NO3/c1-4-6-10-18(3)22(28)15-14-20-23(29)17-24-25(20)21-13-9-12-19(26(21)30-24)11-7-8-16-27-5-2/h9,12-15,18,20,22-25,27-29H,5,7-8,10-11,16-17H2,1-3H3/t18-,20-,22+,23+,24-,25-/m0/s1. The van der Waals surface area contributed by atoms with Crippen molar-refractivity contribution in [2.75, 3.05) is 13.1 Å². The van der Waals surface area contributed by atoms with Crippen molar-refractivity contribution >= 4 is 0 Å². The third-order valence-corrected chi connectivity index (χ3v) is 6.50. The van der Waals surface area contributed by atoms with E-state index >= 15 is 0 Å². The van der Waals surface area contributed by atoms with Gasteiger partial charge in [-0.15, -0.1) is 11.8 Å². The Labute approximate surface area is 181 Å². The van der Waals surface area contributed by atoms with Crippen LogP contribution in [0.1, 0.15) is 63.5 Å². The molecule has 0 spiro atoms. The molecule has 164 valence electrons. The summed E-state index contributed by atoms with van der Waals surface area (Å²) >= 11 is 0. The second kappa shape index (κ2) is 11.0. The van der Waals surface area contributed by atoms with Crippen LogP contribution in [0.25, 0.3) is 0 Å². The van der Waals surface area contributed by atoms with E-state index < -0.39 is 12.2 Å². The zero-order valence-corrected chi connectivity index (χ0v) is 18.6. The minimum absolute atomic E-state index is 0.0214. The Balaban J connectivity index is 1.69. The van der Waals surface area contributed by atoms with Gasteiger partial charge in [0.15, 0.2) is 0 Å². The lowest BCUT2D eigenvalue weighted by molar-refractivity contribution is 0.134. The molecular weight excluding hydrogens is 374 g/mol. The molecule has 0 aromatic heterocycles. The summed E-state index contributed by atoms with van der Waals surface area (Å²) in [5.74, 6) is 7.15. The first-order chi connectivity index (χ1) is 14.6. The first-order valence-corrected chi connectivity index (χ1v) is 11.5. The number of nitrogens with one attached hydrogen (secondary N) is 1. The predicted molar refractivity (Wildman–Crippen MR) is 122 cm³/mol. The van der Waals surface area contributed by atoms with Gasteiger partial charge in [0.2, 0.25) is 0 Å². The fourth-order valence-corrected chi connectivity index (χ4v) is 4.72. The van der Waals surface area contributed by atoms with Crippen molar-refractivity contribution < 1.29 is 14.9 Å². The number of benzene rings is 1. The van der Waals surface area contributed by atoms with Crippen molar-refractivity contribution in [1.82, 2.24) is 5.32 Å². The van der Waals surface area contributed by atoms with Crippen LogP contribution in [0.2, 0.25) is 0 Å². The van der Waals surface area contributed by atoms with E-state index in [0.717, 1.165) is 38.1 Å². The molecule has 1 aromatic rings. The van der Waals surface area contributed by atoms with Crippen molar-refractivity contribution in [2.24, 2.45) is 11.8 Å². The quantitative estimate of drug-likeness (QED) is 0.311. The Morgan fingerprint density at radius 3 is 2.93 bits per heavy atom. The summed E-state index contributed by atoms with van der Waals surface area (Å²) in [7, 11) is 0. The fourth-order valence-electron chi connectivity index (χ4n) is 4.72. The minimum Gasteiger partial charge on any atom is -0.489 e. The highest BCUT2D eigenvalue weighted by atomic mass is 16.5. The van der Waals surface area contributed by atoms with E-state index in [2.05, 4.69) is 42.3 Å². The molecule has 0 unspecified atom stereocenters. The molecule has 1 aliphatic heterocycles. The number of aliphatic hydroxyl groups excluding tert-OH is 2. The molecule has 0 bridgehead atoms. The summed E-state index contributed by atoms with van der Waals surface area (Å²) in [6.45, 7) is 8.03. The number of aliphatic hydroxyl groups is 2. The van der Waals surface area contributed by atoms with Crippen LogP contribution < -0.4 is 10.1 Å². The van der Waals surface area contributed by atoms with Crippen LogP contribution in [0.4, 0.5) is 0 Å². The van der Waals surface area contributed by atoms with Crippen molar-refractivity contribution in [3.05, 3.63) is 41.5 Å². The number of para-hydroxylation sites is 1. The van der Waals surface area contributed by atoms with Crippen molar-refractivity contribution in [1.29, 1.82) is 0 Å². The molecule has 3 N–H and O–H groups in total. The molecule has 0 saturated heterocycles. The number of ether oxygens (including phenoxy) is 1. The Morgan fingerprint density at radius 1 is 1.33 bits per heavy atom. The third-order valence-electron chi connectivity index (χ3n) is 6.50. The highest BCUT2D eigenvalue weighted by molar-refractivity contribution is 5.49. The van der Waals surface area contributed by atoms with Crippen molar-refractivity contribution in [3.8, 4) is 17.6 Å². The summed E-state index contributed by atoms with van der Waals surface area (Å²) < 4.78 is 6.36. The Hall–Kier alpha value is -1.80. The van der Waals surface area contributed by atoms with Gasteiger partial charge >= 0.3 is 0 Å². The summed E-state index contributed by atoms with van der Waals surface area (Å²) in [4.78, 5) is 0. The molecule has 6 atom stereocenters. The van der Waals surface area contributed by atoms with Crippen LogP contribution >= 0.6 is 0 Å². The number of rotatable bonds is 10.